The lowest BCUT2D eigenvalue weighted by atomic mass is 9.94. The summed E-state index contributed by atoms with van der Waals surface area (Å²) in [4.78, 5) is 14.4. The minimum absolute atomic E-state index is 0.0157. The molecule has 0 spiro atoms. The summed E-state index contributed by atoms with van der Waals surface area (Å²) in [6.45, 7) is 6.35. The lowest BCUT2D eigenvalue weighted by molar-refractivity contribution is -0.226. The molecule has 23 heavy (non-hydrogen) atoms. The molecule has 2 fully saturated rings. The SMILES string of the molecule is C=C[C@@H](CC(=O)N1CCCC1)[C@@H]1CCO[C@H](c2ccccc2)O1. The Balaban J connectivity index is 1.61. The van der Waals surface area contributed by atoms with Crippen molar-refractivity contribution in [2.75, 3.05) is 19.7 Å². The highest BCUT2D eigenvalue weighted by molar-refractivity contribution is 5.77. The van der Waals surface area contributed by atoms with Crippen LogP contribution in [0.5, 0.6) is 0 Å². The highest BCUT2D eigenvalue weighted by Crippen LogP contribution is 2.31. The fourth-order valence-corrected chi connectivity index (χ4v) is 3.32. The van der Waals surface area contributed by atoms with Crippen LogP contribution >= 0.6 is 0 Å². The third-order valence-electron chi connectivity index (χ3n) is 4.69. The Labute approximate surface area is 138 Å². The van der Waals surface area contributed by atoms with Gasteiger partial charge in [0, 0.05) is 31.0 Å². The molecule has 4 heteroatoms. The molecule has 0 aliphatic carbocycles. The second-order valence-corrected chi connectivity index (χ2v) is 6.27. The van der Waals surface area contributed by atoms with Crippen molar-refractivity contribution in [2.45, 2.75) is 38.1 Å². The summed E-state index contributed by atoms with van der Waals surface area (Å²) in [6.07, 6.45) is 5.02. The number of benzene rings is 1. The van der Waals surface area contributed by atoms with Crippen LogP contribution < -0.4 is 0 Å². The molecule has 0 bridgehead atoms. The van der Waals surface area contributed by atoms with Crippen LogP contribution in [0.15, 0.2) is 43.0 Å². The average molecular weight is 315 g/mol. The van der Waals surface area contributed by atoms with Crippen LogP contribution in [0.2, 0.25) is 0 Å². The van der Waals surface area contributed by atoms with Crippen LogP contribution in [-0.2, 0) is 14.3 Å². The Kier molecular flexibility index (Phi) is 5.47. The number of carbonyl (C=O) groups is 1. The van der Waals surface area contributed by atoms with E-state index >= 15 is 0 Å². The van der Waals surface area contributed by atoms with Crippen molar-refractivity contribution in [3.63, 3.8) is 0 Å². The van der Waals surface area contributed by atoms with Crippen LogP contribution in [-0.4, -0.2) is 36.6 Å². The van der Waals surface area contributed by atoms with Crippen molar-refractivity contribution in [2.24, 2.45) is 5.92 Å². The molecule has 3 rings (SSSR count). The summed E-state index contributed by atoms with van der Waals surface area (Å²) in [7, 11) is 0. The van der Waals surface area contributed by atoms with Gasteiger partial charge in [0.15, 0.2) is 6.29 Å². The molecule has 0 saturated carbocycles. The van der Waals surface area contributed by atoms with Gasteiger partial charge in [-0.15, -0.1) is 6.58 Å². The zero-order chi connectivity index (χ0) is 16.1. The smallest absolute Gasteiger partial charge is 0.223 e. The van der Waals surface area contributed by atoms with Gasteiger partial charge in [-0.1, -0.05) is 36.4 Å². The second-order valence-electron chi connectivity index (χ2n) is 6.27. The zero-order valence-corrected chi connectivity index (χ0v) is 13.5. The van der Waals surface area contributed by atoms with Crippen LogP contribution in [0.1, 0.15) is 37.5 Å². The quantitative estimate of drug-likeness (QED) is 0.783. The number of rotatable bonds is 5. The third kappa shape index (κ3) is 4.01. The van der Waals surface area contributed by atoms with Crippen molar-refractivity contribution in [3.05, 3.63) is 48.6 Å². The van der Waals surface area contributed by atoms with Gasteiger partial charge >= 0.3 is 0 Å². The summed E-state index contributed by atoms with van der Waals surface area (Å²) in [5, 5.41) is 0. The summed E-state index contributed by atoms with van der Waals surface area (Å²) < 4.78 is 11.9. The molecule has 1 aromatic rings. The Morgan fingerprint density at radius 3 is 2.74 bits per heavy atom. The number of nitrogens with zero attached hydrogens (tertiary/aromatic N) is 1. The lowest BCUT2D eigenvalue weighted by Gasteiger charge is -2.34. The fraction of sp³-hybridized carbons (Fsp3) is 0.526. The molecule has 0 N–H and O–H groups in total. The highest BCUT2D eigenvalue weighted by Gasteiger charge is 2.31. The van der Waals surface area contributed by atoms with E-state index in [2.05, 4.69) is 6.58 Å². The number of amides is 1. The number of ether oxygens (including phenoxy) is 2. The van der Waals surface area contributed by atoms with Gasteiger partial charge in [-0.05, 0) is 19.3 Å². The minimum Gasteiger partial charge on any atom is -0.348 e. The molecule has 3 atom stereocenters. The summed E-state index contributed by atoms with van der Waals surface area (Å²) in [5.74, 6) is 0.261. The Bertz CT molecular complexity index is 525. The van der Waals surface area contributed by atoms with Gasteiger partial charge in [0.05, 0.1) is 12.7 Å². The number of hydrogen-bond donors (Lipinski definition) is 0. The maximum atomic E-state index is 12.4. The van der Waals surface area contributed by atoms with Gasteiger partial charge in [0.25, 0.3) is 0 Å². The maximum absolute atomic E-state index is 12.4. The first-order valence-corrected chi connectivity index (χ1v) is 8.50. The second kappa shape index (κ2) is 7.75. The molecule has 1 amide bonds. The van der Waals surface area contributed by atoms with Crippen LogP contribution in [0.3, 0.4) is 0 Å². The topological polar surface area (TPSA) is 38.8 Å². The van der Waals surface area contributed by atoms with Crippen LogP contribution in [0.4, 0.5) is 0 Å². The van der Waals surface area contributed by atoms with E-state index in [1.165, 1.54) is 0 Å². The molecule has 2 heterocycles. The third-order valence-corrected chi connectivity index (χ3v) is 4.69. The molecule has 2 aliphatic rings. The molecular weight excluding hydrogens is 290 g/mol. The van der Waals surface area contributed by atoms with E-state index in [4.69, 9.17) is 9.47 Å². The first kappa shape index (κ1) is 16.2. The molecule has 2 saturated heterocycles. The molecule has 0 unspecified atom stereocenters. The molecule has 4 nitrogen and oxygen atoms in total. The van der Waals surface area contributed by atoms with Gasteiger partial charge < -0.3 is 14.4 Å². The summed E-state index contributed by atoms with van der Waals surface area (Å²) in [5.41, 5.74) is 1.02. The number of hydrogen-bond acceptors (Lipinski definition) is 3. The summed E-state index contributed by atoms with van der Waals surface area (Å²) >= 11 is 0. The van der Waals surface area contributed by atoms with Crippen molar-refractivity contribution in [1.29, 1.82) is 0 Å². The van der Waals surface area contributed by atoms with E-state index in [0.29, 0.717) is 13.0 Å². The maximum Gasteiger partial charge on any atom is 0.223 e. The zero-order valence-electron chi connectivity index (χ0n) is 13.5. The minimum atomic E-state index is -0.348. The Morgan fingerprint density at radius 1 is 1.30 bits per heavy atom. The molecule has 124 valence electrons. The van der Waals surface area contributed by atoms with Gasteiger partial charge in [-0.25, -0.2) is 0 Å². The molecule has 2 aliphatic heterocycles. The average Bonchev–Trinajstić information content (AvgIpc) is 3.15. The van der Waals surface area contributed by atoms with Crippen LogP contribution in [0.25, 0.3) is 0 Å². The van der Waals surface area contributed by atoms with E-state index in [9.17, 15) is 4.79 Å². The van der Waals surface area contributed by atoms with E-state index in [1.54, 1.807) is 0 Å². The van der Waals surface area contributed by atoms with E-state index < -0.39 is 0 Å². The molecule has 0 radical (unpaired) electrons. The number of likely N-dealkylation sites (tertiary alicyclic amines) is 1. The number of carbonyl (C=O) groups excluding carboxylic acids is 1. The highest BCUT2D eigenvalue weighted by atomic mass is 16.7. The Morgan fingerprint density at radius 2 is 2.04 bits per heavy atom. The van der Waals surface area contributed by atoms with E-state index in [1.807, 2.05) is 41.3 Å². The fourth-order valence-electron chi connectivity index (χ4n) is 3.32. The van der Waals surface area contributed by atoms with Crippen molar-refractivity contribution in [3.8, 4) is 0 Å². The normalized spacial score (nSPS) is 26.0. The van der Waals surface area contributed by atoms with E-state index in [0.717, 1.165) is 37.9 Å². The summed E-state index contributed by atoms with van der Waals surface area (Å²) in [6, 6.07) is 9.95. The molecule has 0 aromatic heterocycles. The van der Waals surface area contributed by atoms with Crippen molar-refractivity contribution < 1.29 is 14.3 Å². The first-order chi connectivity index (χ1) is 11.3. The lowest BCUT2D eigenvalue weighted by Crippen LogP contribution is -2.36. The van der Waals surface area contributed by atoms with Gasteiger partial charge in [-0.2, -0.15) is 0 Å². The van der Waals surface area contributed by atoms with Gasteiger partial charge in [0.2, 0.25) is 5.91 Å². The van der Waals surface area contributed by atoms with E-state index in [-0.39, 0.29) is 24.2 Å². The largest absolute Gasteiger partial charge is 0.348 e. The predicted molar refractivity (Wildman–Crippen MR) is 88.7 cm³/mol. The standard InChI is InChI=1S/C19H25NO3/c1-2-15(14-18(21)20-11-6-7-12-20)17-10-13-22-19(23-17)16-8-4-3-5-9-16/h2-5,8-9,15,17,19H,1,6-7,10-14H2/t15-,17-,19-/m0/s1. The van der Waals surface area contributed by atoms with Crippen molar-refractivity contribution in [1.82, 2.24) is 4.90 Å². The molecular formula is C19H25NO3. The predicted octanol–water partition coefficient (Wildman–Crippen LogP) is 3.31. The van der Waals surface area contributed by atoms with Gasteiger partial charge in [-0.3, -0.25) is 4.79 Å². The molecule has 1 aromatic carbocycles. The van der Waals surface area contributed by atoms with Crippen LogP contribution in [0, 0.1) is 5.92 Å². The van der Waals surface area contributed by atoms with Gasteiger partial charge in [0.1, 0.15) is 0 Å². The first-order valence-electron chi connectivity index (χ1n) is 8.50. The Hall–Kier alpha value is -1.65. The monoisotopic (exact) mass is 315 g/mol. The van der Waals surface area contributed by atoms with Crippen molar-refractivity contribution >= 4 is 5.91 Å².